The van der Waals surface area contributed by atoms with Crippen molar-refractivity contribution in [3.8, 4) is 17.3 Å². The van der Waals surface area contributed by atoms with Gasteiger partial charge in [-0.05, 0) is 49.4 Å². The van der Waals surface area contributed by atoms with E-state index < -0.39 is 0 Å². The molecule has 1 fully saturated rings. The highest BCUT2D eigenvalue weighted by atomic mass is 16.4. The summed E-state index contributed by atoms with van der Waals surface area (Å²) >= 11 is 0. The summed E-state index contributed by atoms with van der Waals surface area (Å²) in [6.45, 7) is 6.11. The van der Waals surface area contributed by atoms with Gasteiger partial charge in [0.1, 0.15) is 5.69 Å². The Morgan fingerprint density at radius 1 is 1.19 bits per heavy atom. The van der Waals surface area contributed by atoms with Crippen LogP contribution in [0.4, 0.5) is 0 Å². The van der Waals surface area contributed by atoms with E-state index in [1.54, 1.807) is 6.92 Å². The van der Waals surface area contributed by atoms with Gasteiger partial charge in [-0.1, -0.05) is 39.2 Å². The van der Waals surface area contributed by atoms with Crippen molar-refractivity contribution in [1.82, 2.24) is 24.9 Å². The number of hydrogen-bond donors (Lipinski definition) is 0. The Balaban J connectivity index is 1.66. The number of nitrogens with zero attached hydrogens (tertiary/aromatic N) is 5. The average molecular weight is 422 g/mol. The largest absolute Gasteiger partial charge is 0.420 e. The highest BCUT2D eigenvalue weighted by Gasteiger charge is 2.24. The van der Waals surface area contributed by atoms with Gasteiger partial charge in [0.15, 0.2) is 0 Å². The number of carbonyl (C=O) groups excluding carboxylic acids is 1. The SMILES string of the molecule is Cc1nnc(-c2cc(CC(C)C)n(-c3cccc(C(=O)N(C)C4CCCCC4)c3)n2)o1. The minimum absolute atomic E-state index is 0.0686. The molecule has 7 heteroatoms. The van der Waals surface area contributed by atoms with Gasteiger partial charge in [0.2, 0.25) is 5.89 Å². The zero-order valence-corrected chi connectivity index (χ0v) is 18.8. The zero-order chi connectivity index (χ0) is 22.0. The summed E-state index contributed by atoms with van der Waals surface area (Å²) in [4.78, 5) is 15.1. The lowest BCUT2D eigenvalue weighted by Gasteiger charge is -2.31. The van der Waals surface area contributed by atoms with Gasteiger partial charge in [0, 0.05) is 31.3 Å². The second kappa shape index (κ2) is 9.04. The first-order chi connectivity index (χ1) is 14.9. The van der Waals surface area contributed by atoms with Crippen molar-refractivity contribution >= 4 is 5.91 Å². The molecule has 0 N–H and O–H groups in total. The third kappa shape index (κ3) is 4.70. The topological polar surface area (TPSA) is 77.1 Å². The summed E-state index contributed by atoms with van der Waals surface area (Å²) in [5, 5.41) is 12.8. The van der Waals surface area contributed by atoms with E-state index in [4.69, 9.17) is 9.52 Å². The number of aromatic nitrogens is 4. The molecule has 1 amide bonds. The molecule has 0 aliphatic heterocycles. The third-order valence-electron chi connectivity index (χ3n) is 5.93. The summed E-state index contributed by atoms with van der Waals surface area (Å²) in [5.41, 5.74) is 3.24. The van der Waals surface area contributed by atoms with Crippen LogP contribution in [0.5, 0.6) is 0 Å². The van der Waals surface area contributed by atoms with Gasteiger partial charge in [-0.15, -0.1) is 10.2 Å². The van der Waals surface area contributed by atoms with Crippen molar-refractivity contribution in [2.75, 3.05) is 7.05 Å². The van der Waals surface area contributed by atoms with Crippen LogP contribution in [-0.2, 0) is 6.42 Å². The second-order valence-electron chi connectivity index (χ2n) is 8.92. The summed E-state index contributed by atoms with van der Waals surface area (Å²) in [6, 6.07) is 10.1. The summed E-state index contributed by atoms with van der Waals surface area (Å²) in [6.07, 6.45) is 6.70. The van der Waals surface area contributed by atoms with Gasteiger partial charge >= 0.3 is 0 Å². The Kier molecular flexibility index (Phi) is 6.20. The number of hydrogen-bond acceptors (Lipinski definition) is 5. The average Bonchev–Trinajstić information content (AvgIpc) is 3.39. The molecule has 0 spiro atoms. The van der Waals surface area contributed by atoms with E-state index in [0.717, 1.165) is 30.6 Å². The van der Waals surface area contributed by atoms with E-state index in [1.807, 2.05) is 47.0 Å². The number of carbonyl (C=O) groups is 1. The first-order valence-electron chi connectivity index (χ1n) is 11.2. The summed E-state index contributed by atoms with van der Waals surface area (Å²) < 4.78 is 7.48. The molecule has 2 heterocycles. The van der Waals surface area contributed by atoms with E-state index in [2.05, 4.69) is 24.0 Å². The number of aryl methyl sites for hydroxylation is 1. The van der Waals surface area contributed by atoms with Crippen molar-refractivity contribution in [1.29, 1.82) is 0 Å². The molecule has 1 aliphatic rings. The highest BCUT2D eigenvalue weighted by Crippen LogP contribution is 2.25. The number of rotatable bonds is 6. The standard InChI is InChI=1S/C24H31N5O2/c1-16(2)13-21-15-22(23-26-25-17(3)31-23)27-29(21)20-12-8-9-18(14-20)24(30)28(4)19-10-6-5-7-11-19/h8-9,12,14-16,19H,5-7,10-11,13H2,1-4H3. The molecule has 0 bridgehead atoms. The molecular weight excluding hydrogens is 390 g/mol. The summed E-state index contributed by atoms with van der Waals surface area (Å²) in [7, 11) is 1.93. The van der Waals surface area contributed by atoms with E-state index in [1.165, 1.54) is 19.3 Å². The number of amides is 1. The van der Waals surface area contributed by atoms with Crippen LogP contribution in [0.15, 0.2) is 34.7 Å². The molecule has 2 aromatic heterocycles. The van der Waals surface area contributed by atoms with E-state index in [0.29, 0.717) is 35.0 Å². The molecular formula is C24H31N5O2. The molecule has 0 atom stereocenters. The minimum Gasteiger partial charge on any atom is -0.420 e. The summed E-state index contributed by atoms with van der Waals surface area (Å²) in [5.74, 6) is 1.44. The van der Waals surface area contributed by atoms with Gasteiger partial charge in [0.25, 0.3) is 11.8 Å². The Hall–Kier alpha value is -2.96. The first kappa shape index (κ1) is 21.3. The maximum absolute atomic E-state index is 13.2. The van der Waals surface area contributed by atoms with Crippen LogP contribution in [0.1, 0.15) is 67.9 Å². The maximum Gasteiger partial charge on any atom is 0.268 e. The molecule has 0 saturated heterocycles. The monoisotopic (exact) mass is 421 g/mol. The molecule has 0 radical (unpaired) electrons. The first-order valence-corrected chi connectivity index (χ1v) is 11.2. The molecule has 1 aliphatic carbocycles. The third-order valence-corrected chi connectivity index (χ3v) is 5.93. The number of benzene rings is 1. The molecule has 0 unspecified atom stereocenters. The second-order valence-corrected chi connectivity index (χ2v) is 8.92. The smallest absolute Gasteiger partial charge is 0.268 e. The van der Waals surface area contributed by atoms with Crippen LogP contribution in [0.25, 0.3) is 17.3 Å². The van der Waals surface area contributed by atoms with Crippen molar-refractivity contribution < 1.29 is 9.21 Å². The normalized spacial score (nSPS) is 14.9. The fraction of sp³-hybridized carbons (Fsp3) is 0.500. The Morgan fingerprint density at radius 3 is 2.65 bits per heavy atom. The lowest BCUT2D eigenvalue weighted by Crippen LogP contribution is -2.38. The van der Waals surface area contributed by atoms with Gasteiger partial charge in [-0.25, -0.2) is 4.68 Å². The lowest BCUT2D eigenvalue weighted by molar-refractivity contribution is 0.0696. The van der Waals surface area contributed by atoms with E-state index in [9.17, 15) is 4.79 Å². The van der Waals surface area contributed by atoms with Gasteiger partial charge in [0.05, 0.1) is 5.69 Å². The van der Waals surface area contributed by atoms with Crippen LogP contribution in [0.2, 0.25) is 0 Å². The molecule has 1 saturated carbocycles. The van der Waals surface area contributed by atoms with Gasteiger partial charge in [-0.3, -0.25) is 4.79 Å². The lowest BCUT2D eigenvalue weighted by atomic mass is 9.94. The fourth-order valence-corrected chi connectivity index (χ4v) is 4.32. The quantitative estimate of drug-likeness (QED) is 0.569. The van der Waals surface area contributed by atoms with E-state index in [-0.39, 0.29) is 5.91 Å². The van der Waals surface area contributed by atoms with E-state index >= 15 is 0 Å². The molecule has 164 valence electrons. The van der Waals surface area contributed by atoms with Crippen LogP contribution in [0, 0.1) is 12.8 Å². The predicted molar refractivity (Wildman–Crippen MR) is 119 cm³/mol. The van der Waals surface area contributed by atoms with Gasteiger partial charge in [-0.2, -0.15) is 5.10 Å². The Bertz CT molecular complexity index is 1050. The van der Waals surface area contributed by atoms with Crippen LogP contribution >= 0.6 is 0 Å². The predicted octanol–water partition coefficient (Wildman–Crippen LogP) is 4.83. The zero-order valence-electron chi connectivity index (χ0n) is 18.8. The van der Waals surface area contributed by atoms with Gasteiger partial charge < -0.3 is 9.32 Å². The molecule has 1 aromatic carbocycles. The molecule has 31 heavy (non-hydrogen) atoms. The fourth-order valence-electron chi connectivity index (χ4n) is 4.32. The van der Waals surface area contributed by atoms with Crippen molar-refractivity contribution in [3.63, 3.8) is 0 Å². The molecule has 3 aromatic rings. The Morgan fingerprint density at radius 2 is 1.97 bits per heavy atom. The van der Waals surface area contributed by atoms with Crippen molar-refractivity contribution in [2.45, 2.75) is 65.3 Å². The Labute approximate surface area is 183 Å². The molecule has 7 nitrogen and oxygen atoms in total. The van der Waals surface area contributed by atoms with Crippen molar-refractivity contribution in [2.24, 2.45) is 5.92 Å². The van der Waals surface area contributed by atoms with Crippen LogP contribution < -0.4 is 0 Å². The van der Waals surface area contributed by atoms with Crippen molar-refractivity contribution in [3.05, 3.63) is 47.5 Å². The highest BCUT2D eigenvalue weighted by molar-refractivity contribution is 5.94. The van der Waals surface area contributed by atoms with Crippen LogP contribution in [0.3, 0.4) is 0 Å². The van der Waals surface area contributed by atoms with Crippen LogP contribution in [-0.4, -0.2) is 43.9 Å². The maximum atomic E-state index is 13.2. The minimum atomic E-state index is 0.0686. The molecule has 4 rings (SSSR count).